The molecule has 2 aromatic rings. The van der Waals surface area contributed by atoms with E-state index in [1.807, 2.05) is 6.92 Å². The van der Waals surface area contributed by atoms with E-state index >= 15 is 0 Å². The third-order valence-corrected chi connectivity index (χ3v) is 4.60. The molecule has 1 unspecified atom stereocenters. The Balaban J connectivity index is 1.52. The third kappa shape index (κ3) is 4.68. The van der Waals surface area contributed by atoms with E-state index < -0.39 is 0 Å². The summed E-state index contributed by atoms with van der Waals surface area (Å²) in [4.78, 5) is 21.7. The van der Waals surface area contributed by atoms with Crippen LogP contribution in [0, 0.1) is 12.8 Å². The van der Waals surface area contributed by atoms with Gasteiger partial charge in [0, 0.05) is 19.6 Å². The number of nitrogens with one attached hydrogen (secondary N) is 2. The number of likely N-dealkylation sites (tertiary alicyclic amines) is 1. The van der Waals surface area contributed by atoms with Gasteiger partial charge in [-0.25, -0.2) is 4.98 Å². The first-order valence-electron chi connectivity index (χ1n) is 8.77. The van der Waals surface area contributed by atoms with Crippen molar-refractivity contribution in [3.63, 3.8) is 0 Å². The Bertz CT molecular complexity index is 652. The first-order chi connectivity index (χ1) is 11.7. The molecule has 0 bridgehead atoms. The molecule has 5 heteroatoms. The summed E-state index contributed by atoms with van der Waals surface area (Å²) in [5, 5.41) is 3.06. The third-order valence-electron chi connectivity index (χ3n) is 4.60. The molecule has 2 heterocycles. The molecule has 1 aliphatic rings. The summed E-state index contributed by atoms with van der Waals surface area (Å²) in [7, 11) is 0. The summed E-state index contributed by atoms with van der Waals surface area (Å²) in [6.45, 7) is 5.74. The molecule has 1 aromatic heterocycles. The van der Waals surface area contributed by atoms with Crippen LogP contribution < -0.4 is 5.32 Å². The maximum atomic E-state index is 12.2. The molecular weight excluding hydrogens is 300 g/mol. The first kappa shape index (κ1) is 16.7. The fourth-order valence-electron chi connectivity index (χ4n) is 3.34. The highest BCUT2D eigenvalue weighted by Gasteiger charge is 2.19. The van der Waals surface area contributed by atoms with Gasteiger partial charge in [0.25, 0.3) is 5.91 Å². The molecule has 0 aliphatic carbocycles. The number of aromatic amines is 1. The van der Waals surface area contributed by atoms with Crippen LogP contribution in [0.25, 0.3) is 0 Å². The smallest absolute Gasteiger partial charge is 0.269 e. The van der Waals surface area contributed by atoms with Crippen LogP contribution in [0.1, 0.15) is 41.1 Å². The van der Waals surface area contributed by atoms with Gasteiger partial charge in [0.05, 0.1) is 6.20 Å². The Morgan fingerprint density at radius 1 is 1.33 bits per heavy atom. The number of amides is 1. The van der Waals surface area contributed by atoms with E-state index in [0.717, 1.165) is 32.0 Å². The number of hydrogen-bond acceptors (Lipinski definition) is 3. The lowest BCUT2D eigenvalue weighted by molar-refractivity contribution is 0.0938. The maximum absolute atomic E-state index is 12.2. The van der Waals surface area contributed by atoms with Crippen molar-refractivity contribution in [2.75, 3.05) is 19.6 Å². The summed E-state index contributed by atoms with van der Waals surface area (Å²) >= 11 is 0. The molecule has 128 valence electrons. The number of nitrogens with zero attached hydrogens (tertiary/aromatic N) is 2. The quantitative estimate of drug-likeness (QED) is 0.888. The minimum absolute atomic E-state index is 0.0607. The topological polar surface area (TPSA) is 61.0 Å². The fraction of sp³-hybridized carbons (Fsp3) is 0.474. The van der Waals surface area contributed by atoms with E-state index in [1.54, 1.807) is 6.20 Å². The highest BCUT2D eigenvalue weighted by atomic mass is 16.1. The minimum atomic E-state index is -0.0607. The Kier molecular flexibility index (Phi) is 5.64. The molecular formula is C19H26N4O. The number of hydrogen-bond donors (Lipinski definition) is 2. The van der Waals surface area contributed by atoms with Crippen LogP contribution in [0.2, 0.25) is 0 Å². The van der Waals surface area contributed by atoms with Crippen LogP contribution in [0.4, 0.5) is 0 Å². The molecule has 0 radical (unpaired) electrons. The zero-order chi connectivity index (χ0) is 16.8. The van der Waals surface area contributed by atoms with Gasteiger partial charge in [-0.3, -0.25) is 9.69 Å². The Labute approximate surface area is 143 Å². The standard InChI is InChI=1S/C19H26N4O/c1-15-20-12-18(22-15)19(24)21-11-17-9-5-6-10-23(14-17)13-16-7-3-2-4-8-16/h2-4,7-8,12,17H,5-6,9-11,13-14H2,1H3,(H,20,22)(H,21,24). The molecule has 0 saturated carbocycles. The second-order valence-electron chi connectivity index (χ2n) is 6.67. The van der Waals surface area contributed by atoms with Gasteiger partial charge in [-0.1, -0.05) is 36.8 Å². The molecule has 1 aliphatic heterocycles. The van der Waals surface area contributed by atoms with E-state index in [-0.39, 0.29) is 5.91 Å². The minimum Gasteiger partial charge on any atom is -0.350 e. The van der Waals surface area contributed by atoms with Gasteiger partial charge in [-0.05, 0) is 37.8 Å². The normalized spacial score (nSPS) is 19.0. The van der Waals surface area contributed by atoms with E-state index in [1.165, 1.54) is 24.8 Å². The van der Waals surface area contributed by atoms with Crippen molar-refractivity contribution in [1.29, 1.82) is 0 Å². The van der Waals surface area contributed by atoms with Crippen molar-refractivity contribution in [3.05, 3.63) is 53.6 Å². The van der Waals surface area contributed by atoms with Crippen LogP contribution in [0.3, 0.4) is 0 Å². The van der Waals surface area contributed by atoms with Gasteiger partial charge in [0.2, 0.25) is 0 Å². The monoisotopic (exact) mass is 326 g/mol. The average Bonchev–Trinajstić information content (AvgIpc) is 2.90. The molecule has 1 fully saturated rings. The van der Waals surface area contributed by atoms with Crippen molar-refractivity contribution in [2.24, 2.45) is 5.92 Å². The van der Waals surface area contributed by atoms with E-state index in [0.29, 0.717) is 11.6 Å². The fourth-order valence-corrected chi connectivity index (χ4v) is 3.34. The zero-order valence-corrected chi connectivity index (χ0v) is 14.3. The summed E-state index contributed by atoms with van der Waals surface area (Å²) in [6.07, 6.45) is 5.24. The van der Waals surface area contributed by atoms with Crippen molar-refractivity contribution in [2.45, 2.75) is 32.7 Å². The molecule has 0 spiro atoms. The van der Waals surface area contributed by atoms with Crippen LogP contribution in [-0.2, 0) is 6.54 Å². The average molecular weight is 326 g/mol. The van der Waals surface area contributed by atoms with Crippen LogP contribution in [0.15, 0.2) is 36.5 Å². The molecule has 24 heavy (non-hydrogen) atoms. The summed E-state index contributed by atoms with van der Waals surface area (Å²) in [5.74, 6) is 1.21. The van der Waals surface area contributed by atoms with Gasteiger partial charge >= 0.3 is 0 Å². The molecule has 1 amide bonds. The number of aryl methyl sites for hydroxylation is 1. The first-order valence-corrected chi connectivity index (χ1v) is 8.77. The summed E-state index contributed by atoms with van der Waals surface area (Å²) in [6, 6.07) is 10.6. The van der Waals surface area contributed by atoms with E-state index in [9.17, 15) is 4.79 Å². The number of imidazole rings is 1. The molecule has 1 atom stereocenters. The molecule has 2 N–H and O–H groups in total. The number of benzene rings is 1. The van der Waals surface area contributed by atoms with Gasteiger partial charge < -0.3 is 10.3 Å². The predicted octanol–water partition coefficient (Wildman–Crippen LogP) is 2.75. The SMILES string of the molecule is Cc1ncc(C(=O)NCC2CCCCN(Cc3ccccc3)C2)[nH]1. The number of carbonyl (C=O) groups excluding carboxylic acids is 1. The van der Waals surface area contributed by atoms with Crippen LogP contribution in [0.5, 0.6) is 0 Å². The van der Waals surface area contributed by atoms with Crippen molar-refractivity contribution in [1.82, 2.24) is 20.2 Å². The van der Waals surface area contributed by atoms with Crippen molar-refractivity contribution < 1.29 is 4.79 Å². The Hall–Kier alpha value is -2.14. The van der Waals surface area contributed by atoms with Gasteiger partial charge in [0.15, 0.2) is 0 Å². The summed E-state index contributed by atoms with van der Waals surface area (Å²) in [5.41, 5.74) is 1.90. The number of aromatic nitrogens is 2. The molecule has 5 nitrogen and oxygen atoms in total. The van der Waals surface area contributed by atoms with Crippen molar-refractivity contribution in [3.8, 4) is 0 Å². The lowest BCUT2D eigenvalue weighted by Gasteiger charge is -2.24. The Morgan fingerprint density at radius 3 is 2.92 bits per heavy atom. The molecule has 3 rings (SSSR count). The van der Waals surface area contributed by atoms with E-state index in [4.69, 9.17) is 0 Å². The number of carbonyl (C=O) groups is 1. The lowest BCUT2D eigenvalue weighted by atomic mass is 10.0. The zero-order valence-electron chi connectivity index (χ0n) is 14.3. The highest BCUT2D eigenvalue weighted by molar-refractivity contribution is 5.92. The highest BCUT2D eigenvalue weighted by Crippen LogP contribution is 2.18. The maximum Gasteiger partial charge on any atom is 0.269 e. The Morgan fingerprint density at radius 2 is 2.17 bits per heavy atom. The van der Waals surface area contributed by atoms with Crippen LogP contribution >= 0.6 is 0 Å². The van der Waals surface area contributed by atoms with Crippen molar-refractivity contribution >= 4 is 5.91 Å². The largest absolute Gasteiger partial charge is 0.350 e. The van der Waals surface area contributed by atoms with Crippen LogP contribution in [-0.4, -0.2) is 40.4 Å². The number of H-pyrrole nitrogens is 1. The predicted molar refractivity (Wildman–Crippen MR) is 94.7 cm³/mol. The second-order valence-corrected chi connectivity index (χ2v) is 6.67. The van der Waals surface area contributed by atoms with Gasteiger partial charge in [-0.2, -0.15) is 0 Å². The van der Waals surface area contributed by atoms with Gasteiger partial charge in [0.1, 0.15) is 11.5 Å². The lowest BCUT2D eigenvalue weighted by Crippen LogP contribution is -2.35. The molecule has 1 aromatic carbocycles. The van der Waals surface area contributed by atoms with E-state index in [2.05, 4.69) is 50.5 Å². The summed E-state index contributed by atoms with van der Waals surface area (Å²) < 4.78 is 0. The second kappa shape index (κ2) is 8.11. The number of rotatable bonds is 5. The van der Waals surface area contributed by atoms with Gasteiger partial charge in [-0.15, -0.1) is 0 Å². The molecule has 1 saturated heterocycles.